The standard InChI is InChI=1S/C14H16N6OS/c1-2-9-6-12(21)20-14(17-9)22-13(19-20)16-10-3-4-11-8(5-10)7-15-18-11/h6-7,10H,2-5H2,1H3,(H,15,18)(H,16,19). The summed E-state index contributed by atoms with van der Waals surface area (Å²) in [5.41, 5.74) is 3.18. The highest BCUT2D eigenvalue weighted by atomic mass is 32.1. The number of nitrogens with zero attached hydrogens (tertiary/aromatic N) is 4. The van der Waals surface area contributed by atoms with E-state index in [0.29, 0.717) is 11.0 Å². The minimum absolute atomic E-state index is 0.119. The lowest BCUT2D eigenvalue weighted by molar-refractivity contribution is 0.602. The molecule has 3 aromatic rings. The van der Waals surface area contributed by atoms with Crippen molar-refractivity contribution in [2.75, 3.05) is 5.32 Å². The van der Waals surface area contributed by atoms with E-state index in [4.69, 9.17) is 0 Å². The minimum Gasteiger partial charge on any atom is -0.357 e. The Bertz CT molecular complexity index is 879. The molecule has 8 heteroatoms. The largest absolute Gasteiger partial charge is 0.357 e. The molecule has 0 aliphatic heterocycles. The number of aromatic amines is 1. The van der Waals surface area contributed by atoms with Gasteiger partial charge in [-0.15, -0.1) is 5.10 Å². The molecule has 0 spiro atoms. The normalized spacial score (nSPS) is 17.6. The van der Waals surface area contributed by atoms with Gasteiger partial charge in [-0.1, -0.05) is 18.3 Å². The first-order valence-electron chi connectivity index (χ1n) is 7.40. The van der Waals surface area contributed by atoms with E-state index in [1.165, 1.54) is 27.1 Å². The zero-order valence-electron chi connectivity index (χ0n) is 12.2. The number of fused-ring (bicyclic) bond motifs is 2. The SMILES string of the molecule is CCc1cc(=O)n2nc(NC3CCc4[nH]ncc4C3)sc2n1. The molecule has 0 aromatic carbocycles. The van der Waals surface area contributed by atoms with E-state index in [1.807, 2.05) is 13.1 Å². The number of H-pyrrole nitrogens is 1. The second-order valence-corrected chi connectivity index (χ2v) is 6.45. The second-order valence-electron chi connectivity index (χ2n) is 5.50. The third kappa shape index (κ3) is 2.29. The predicted molar refractivity (Wildman–Crippen MR) is 84.5 cm³/mol. The Hall–Kier alpha value is -2.22. The molecule has 3 heterocycles. The van der Waals surface area contributed by atoms with Gasteiger partial charge < -0.3 is 5.32 Å². The van der Waals surface area contributed by atoms with E-state index in [9.17, 15) is 4.79 Å². The number of rotatable bonds is 3. The maximum Gasteiger partial charge on any atom is 0.275 e. The van der Waals surface area contributed by atoms with Crippen molar-refractivity contribution in [3.05, 3.63) is 39.6 Å². The van der Waals surface area contributed by atoms with E-state index in [2.05, 4.69) is 25.6 Å². The molecule has 7 nitrogen and oxygen atoms in total. The average molecular weight is 316 g/mol. The summed E-state index contributed by atoms with van der Waals surface area (Å²) in [7, 11) is 0. The Morgan fingerprint density at radius 3 is 3.32 bits per heavy atom. The van der Waals surface area contributed by atoms with Crippen molar-refractivity contribution in [1.82, 2.24) is 24.8 Å². The van der Waals surface area contributed by atoms with Crippen LogP contribution in [-0.2, 0) is 19.3 Å². The third-order valence-electron chi connectivity index (χ3n) is 4.00. The van der Waals surface area contributed by atoms with Crippen LogP contribution in [0.15, 0.2) is 17.1 Å². The van der Waals surface area contributed by atoms with E-state index < -0.39 is 0 Å². The van der Waals surface area contributed by atoms with Gasteiger partial charge in [-0.3, -0.25) is 9.89 Å². The molecule has 1 atom stereocenters. The fraction of sp³-hybridized carbons (Fsp3) is 0.429. The summed E-state index contributed by atoms with van der Waals surface area (Å²) in [6.45, 7) is 1.99. The number of anilines is 1. The number of aromatic nitrogens is 5. The smallest absolute Gasteiger partial charge is 0.275 e. The van der Waals surface area contributed by atoms with Gasteiger partial charge in [0.15, 0.2) is 0 Å². The molecule has 3 aromatic heterocycles. The Labute approximate surface area is 130 Å². The Morgan fingerprint density at radius 1 is 1.55 bits per heavy atom. The summed E-state index contributed by atoms with van der Waals surface area (Å²) in [5.74, 6) is 0. The average Bonchev–Trinajstić information content (AvgIpc) is 3.13. The van der Waals surface area contributed by atoms with Crippen LogP contribution < -0.4 is 10.9 Å². The molecule has 0 saturated heterocycles. The van der Waals surface area contributed by atoms with E-state index in [1.54, 1.807) is 6.07 Å². The number of hydrogen-bond acceptors (Lipinski definition) is 6. The van der Waals surface area contributed by atoms with Gasteiger partial charge in [0.25, 0.3) is 5.56 Å². The molecule has 0 saturated carbocycles. The maximum atomic E-state index is 12.0. The Kier molecular flexibility index (Phi) is 3.18. The maximum absolute atomic E-state index is 12.0. The Balaban J connectivity index is 1.60. The summed E-state index contributed by atoms with van der Waals surface area (Å²) < 4.78 is 1.37. The van der Waals surface area contributed by atoms with Crippen molar-refractivity contribution in [3.63, 3.8) is 0 Å². The lowest BCUT2D eigenvalue weighted by Crippen LogP contribution is -2.27. The molecule has 0 radical (unpaired) electrons. The minimum atomic E-state index is -0.119. The van der Waals surface area contributed by atoms with Crippen LogP contribution in [0, 0.1) is 0 Å². The molecule has 1 aliphatic carbocycles. The molecular formula is C14H16N6OS. The zero-order chi connectivity index (χ0) is 15.1. The number of aryl methyl sites for hydroxylation is 2. The molecule has 1 aliphatic rings. The molecule has 0 fully saturated rings. The lowest BCUT2D eigenvalue weighted by Gasteiger charge is -2.22. The summed E-state index contributed by atoms with van der Waals surface area (Å²) in [4.78, 5) is 17.1. The Morgan fingerprint density at radius 2 is 2.45 bits per heavy atom. The van der Waals surface area contributed by atoms with Gasteiger partial charge in [0.1, 0.15) is 0 Å². The summed E-state index contributed by atoms with van der Waals surface area (Å²) in [5, 5.41) is 15.7. The molecule has 2 N–H and O–H groups in total. The van der Waals surface area contributed by atoms with Crippen molar-refractivity contribution < 1.29 is 0 Å². The van der Waals surface area contributed by atoms with Crippen molar-refractivity contribution >= 4 is 21.4 Å². The number of hydrogen-bond donors (Lipinski definition) is 2. The molecular weight excluding hydrogens is 300 g/mol. The topological polar surface area (TPSA) is 88.0 Å². The van der Waals surface area contributed by atoms with Crippen LogP contribution in [0.5, 0.6) is 0 Å². The van der Waals surface area contributed by atoms with Crippen molar-refractivity contribution in [1.29, 1.82) is 0 Å². The molecule has 114 valence electrons. The van der Waals surface area contributed by atoms with Crippen molar-refractivity contribution in [2.45, 2.75) is 38.6 Å². The number of nitrogens with one attached hydrogen (secondary N) is 2. The zero-order valence-corrected chi connectivity index (χ0v) is 13.0. The quantitative estimate of drug-likeness (QED) is 0.763. The van der Waals surface area contributed by atoms with E-state index in [0.717, 1.165) is 36.5 Å². The summed E-state index contributed by atoms with van der Waals surface area (Å²) in [6.07, 6.45) is 5.56. The van der Waals surface area contributed by atoms with Crippen molar-refractivity contribution in [2.24, 2.45) is 0 Å². The summed E-state index contributed by atoms with van der Waals surface area (Å²) in [6, 6.07) is 1.86. The van der Waals surface area contributed by atoms with Crippen LogP contribution in [-0.4, -0.2) is 30.8 Å². The highest BCUT2D eigenvalue weighted by molar-refractivity contribution is 7.20. The van der Waals surface area contributed by atoms with Crippen molar-refractivity contribution in [3.8, 4) is 0 Å². The second kappa shape index (κ2) is 5.20. The van der Waals surface area contributed by atoms with Gasteiger partial charge in [0, 0.05) is 23.5 Å². The van der Waals surface area contributed by atoms with Gasteiger partial charge in [-0.2, -0.15) is 9.61 Å². The fourth-order valence-electron chi connectivity index (χ4n) is 2.81. The molecule has 1 unspecified atom stereocenters. The molecule has 4 rings (SSSR count). The first-order valence-corrected chi connectivity index (χ1v) is 8.22. The van der Waals surface area contributed by atoms with Gasteiger partial charge in [-0.25, -0.2) is 4.98 Å². The van der Waals surface area contributed by atoms with Gasteiger partial charge in [0.2, 0.25) is 10.1 Å². The first kappa shape index (κ1) is 13.4. The van der Waals surface area contributed by atoms with Crippen LogP contribution in [0.25, 0.3) is 4.96 Å². The molecule has 0 bridgehead atoms. The molecule has 0 amide bonds. The van der Waals surface area contributed by atoms with Crippen LogP contribution in [0.2, 0.25) is 0 Å². The van der Waals surface area contributed by atoms with Crippen LogP contribution in [0.3, 0.4) is 0 Å². The van der Waals surface area contributed by atoms with Gasteiger partial charge >= 0.3 is 0 Å². The van der Waals surface area contributed by atoms with E-state index >= 15 is 0 Å². The van der Waals surface area contributed by atoms with Gasteiger partial charge in [0.05, 0.1) is 6.20 Å². The summed E-state index contributed by atoms with van der Waals surface area (Å²) >= 11 is 1.42. The van der Waals surface area contributed by atoms with Gasteiger partial charge in [-0.05, 0) is 31.2 Å². The highest BCUT2D eigenvalue weighted by Crippen LogP contribution is 2.24. The molecule has 22 heavy (non-hydrogen) atoms. The van der Waals surface area contributed by atoms with Crippen LogP contribution >= 0.6 is 11.3 Å². The predicted octanol–water partition coefficient (Wildman–Crippen LogP) is 1.41. The fourth-order valence-corrected chi connectivity index (χ4v) is 3.71. The highest BCUT2D eigenvalue weighted by Gasteiger charge is 2.21. The lowest BCUT2D eigenvalue weighted by atomic mass is 9.94. The third-order valence-corrected chi connectivity index (χ3v) is 4.84. The van der Waals surface area contributed by atoms with Crippen LogP contribution in [0.4, 0.5) is 5.13 Å². The first-order chi connectivity index (χ1) is 10.7. The monoisotopic (exact) mass is 316 g/mol. The van der Waals surface area contributed by atoms with Crippen LogP contribution in [0.1, 0.15) is 30.3 Å². The van der Waals surface area contributed by atoms with E-state index in [-0.39, 0.29) is 5.56 Å².